The summed E-state index contributed by atoms with van der Waals surface area (Å²) < 4.78 is 13.1. The van der Waals surface area contributed by atoms with Gasteiger partial charge < -0.3 is 19.6 Å². The van der Waals surface area contributed by atoms with E-state index in [1.807, 2.05) is 12.1 Å². The zero-order valence-corrected chi connectivity index (χ0v) is 14.6. The minimum atomic E-state index is 0.247. The molecule has 132 valence electrons. The van der Waals surface area contributed by atoms with E-state index in [-0.39, 0.29) is 6.54 Å². The smallest absolute Gasteiger partial charge is 0.240 e. The molecule has 2 N–H and O–H groups in total. The van der Waals surface area contributed by atoms with E-state index in [0.717, 1.165) is 28.8 Å². The fraction of sp³-hybridized carbons (Fsp3) is 0.474. The second-order valence-electron chi connectivity index (χ2n) is 6.77. The number of hydrogen-bond donors (Lipinski definition) is 1. The number of benzene rings is 1. The van der Waals surface area contributed by atoms with Crippen LogP contribution in [0.3, 0.4) is 0 Å². The first-order chi connectivity index (χ1) is 12.3. The van der Waals surface area contributed by atoms with Gasteiger partial charge >= 0.3 is 0 Å². The Morgan fingerprint density at radius 1 is 1.28 bits per heavy atom. The molecule has 0 bridgehead atoms. The number of fused-ring (bicyclic) bond motifs is 1. The maximum Gasteiger partial charge on any atom is 0.240 e. The van der Waals surface area contributed by atoms with Crippen LogP contribution in [0.15, 0.2) is 28.9 Å². The summed E-state index contributed by atoms with van der Waals surface area (Å²) in [6.45, 7) is 1.25. The molecule has 2 heterocycles. The van der Waals surface area contributed by atoms with Crippen LogP contribution in [0, 0.1) is 5.92 Å². The number of hydrogen-bond acceptors (Lipinski definition) is 5. The molecule has 1 aliphatic carbocycles. The van der Waals surface area contributed by atoms with Crippen molar-refractivity contribution in [2.75, 3.05) is 7.11 Å². The molecule has 6 heteroatoms. The fourth-order valence-electron chi connectivity index (χ4n) is 3.91. The summed E-state index contributed by atoms with van der Waals surface area (Å²) in [7, 11) is 1.72. The number of nitrogens with two attached hydrogens (primary N) is 1. The molecule has 0 saturated heterocycles. The Labute approximate surface area is 147 Å². The SMILES string of the molecule is COc1cccc2c(-c3noc(CN)n3)cn(CC3CCCCC3)c12. The van der Waals surface area contributed by atoms with Gasteiger partial charge in [0.2, 0.25) is 11.7 Å². The van der Waals surface area contributed by atoms with Gasteiger partial charge in [-0.2, -0.15) is 4.98 Å². The highest BCUT2D eigenvalue weighted by atomic mass is 16.5. The van der Waals surface area contributed by atoms with Crippen LogP contribution in [0.4, 0.5) is 0 Å². The molecule has 1 saturated carbocycles. The maximum absolute atomic E-state index is 5.63. The summed E-state index contributed by atoms with van der Waals surface area (Å²) in [5.74, 6) is 2.63. The van der Waals surface area contributed by atoms with Gasteiger partial charge in [0.25, 0.3) is 0 Å². The molecular weight excluding hydrogens is 316 g/mol. The second kappa shape index (κ2) is 6.88. The average Bonchev–Trinajstić information content (AvgIpc) is 3.27. The van der Waals surface area contributed by atoms with Gasteiger partial charge in [0.05, 0.1) is 19.2 Å². The quantitative estimate of drug-likeness (QED) is 0.765. The monoisotopic (exact) mass is 340 g/mol. The first kappa shape index (κ1) is 16.1. The number of nitrogens with zero attached hydrogens (tertiary/aromatic N) is 3. The van der Waals surface area contributed by atoms with E-state index in [4.69, 9.17) is 15.0 Å². The summed E-state index contributed by atoms with van der Waals surface area (Å²) in [6.07, 6.45) is 8.75. The molecule has 4 rings (SSSR count). The summed E-state index contributed by atoms with van der Waals surface area (Å²) in [5, 5.41) is 5.19. The zero-order chi connectivity index (χ0) is 17.2. The summed E-state index contributed by atoms with van der Waals surface area (Å²) in [4.78, 5) is 4.41. The molecule has 1 aliphatic rings. The third-order valence-corrected chi connectivity index (χ3v) is 5.14. The van der Waals surface area contributed by atoms with Gasteiger partial charge in [-0.05, 0) is 24.8 Å². The Morgan fingerprint density at radius 3 is 2.84 bits per heavy atom. The molecular formula is C19H24N4O2. The van der Waals surface area contributed by atoms with E-state index in [1.165, 1.54) is 32.1 Å². The molecule has 1 fully saturated rings. The Morgan fingerprint density at radius 2 is 2.12 bits per heavy atom. The molecule has 25 heavy (non-hydrogen) atoms. The zero-order valence-electron chi connectivity index (χ0n) is 14.6. The maximum atomic E-state index is 5.63. The van der Waals surface area contributed by atoms with Crippen molar-refractivity contribution in [2.45, 2.75) is 45.2 Å². The van der Waals surface area contributed by atoms with E-state index >= 15 is 0 Å². The lowest BCUT2D eigenvalue weighted by molar-refractivity contribution is 0.321. The van der Waals surface area contributed by atoms with E-state index < -0.39 is 0 Å². The van der Waals surface area contributed by atoms with Crippen LogP contribution >= 0.6 is 0 Å². The highest BCUT2D eigenvalue weighted by Gasteiger charge is 2.21. The third-order valence-electron chi connectivity index (χ3n) is 5.14. The Hall–Kier alpha value is -2.34. The highest BCUT2D eigenvalue weighted by Crippen LogP contribution is 2.36. The van der Waals surface area contributed by atoms with Crippen LogP contribution in [0.25, 0.3) is 22.3 Å². The van der Waals surface area contributed by atoms with Crippen molar-refractivity contribution in [3.63, 3.8) is 0 Å². The Balaban J connectivity index is 1.80. The summed E-state index contributed by atoms with van der Waals surface area (Å²) in [6, 6.07) is 6.09. The van der Waals surface area contributed by atoms with Gasteiger partial charge in [0.1, 0.15) is 5.75 Å². The van der Waals surface area contributed by atoms with E-state index in [9.17, 15) is 0 Å². The predicted molar refractivity (Wildman–Crippen MR) is 96.2 cm³/mol. The van der Waals surface area contributed by atoms with Crippen LogP contribution in [-0.2, 0) is 13.1 Å². The molecule has 0 amide bonds. The van der Waals surface area contributed by atoms with E-state index in [1.54, 1.807) is 7.11 Å². The van der Waals surface area contributed by atoms with Crippen LogP contribution in [0.5, 0.6) is 5.75 Å². The van der Waals surface area contributed by atoms with Crippen LogP contribution in [0.2, 0.25) is 0 Å². The lowest BCUT2D eigenvalue weighted by atomic mass is 9.89. The molecule has 1 aromatic carbocycles. The van der Waals surface area contributed by atoms with Gasteiger partial charge in [-0.3, -0.25) is 0 Å². The predicted octanol–water partition coefficient (Wildman–Crippen LogP) is 3.74. The minimum Gasteiger partial charge on any atom is -0.495 e. The van der Waals surface area contributed by atoms with Crippen LogP contribution in [-0.4, -0.2) is 21.8 Å². The average molecular weight is 340 g/mol. The van der Waals surface area contributed by atoms with Crippen molar-refractivity contribution in [3.05, 3.63) is 30.3 Å². The Bertz CT molecular complexity index is 862. The van der Waals surface area contributed by atoms with Crippen LogP contribution < -0.4 is 10.5 Å². The van der Waals surface area contributed by atoms with Crippen molar-refractivity contribution in [3.8, 4) is 17.1 Å². The second-order valence-corrected chi connectivity index (χ2v) is 6.77. The molecule has 0 atom stereocenters. The summed E-state index contributed by atoms with van der Waals surface area (Å²) >= 11 is 0. The van der Waals surface area contributed by atoms with Gasteiger partial charge in [0, 0.05) is 23.7 Å². The van der Waals surface area contributed by atoms with Gasteiger partial charge in [0.15, 0.2) is 0 Å². The van der Waals surface area contributed by atoms with E-state index in [2.05, 4.69) is 27.0 Å². The largest absolute Gasteiger partial charge is 0.495 e. The summed E-state index contributed by atoms with van der Waals surface area (Å²) in [5.41, 5.74) is 7.67. The third kappa shape index (κ3) is 3.02. The number of aromatic nitrogens is 3. The number of ether oxygens (including phenoxy) is 1. The van der Waals surface area contributed by atoms with Gasteiger partial charge in [-0.25, -0.2) is 0 Å². The van der Waals surface area contributed by atoms with Crippen molar-refractivity contribution in [1.82, 2.24) is 14.7 Å². The number of rotatable bonds is 5. The van der Waals surface area contributed by atoms with Crippen molar-refractivity contribution < 1.29 is 9.26 Å². The fourth-order valence-corrected chi connectivity index (χ4v) is 3.91. The molecule has 2 aromatic heterocycles. The molecule has 6 nitrogen and oxygen atoms in total. The first-order valence-electron chi connectivity index (χ1n) is 8.99. The van der Waals surface area contributed by atoms with Crippen LogP contribution in [0.1, 0.15) is 38.0 Å². The molecule has 0 radical (unpaired) electrons. The normalized spacial score (nSPS) is 15.8. The van der Waals surface area contributed by atoms with E-state index in [0.29, 0.717) is 17.6 Å². The number of para-hydroxylation sites is 1. The van der Waals surface area contributed by atoms with Crippen molar-refractivity contribution in [2.24, 2.45) is 11.7 Å². The topological polar surface area (TPSA) is 79.1 Å². The lowest BCUT2D eigenvalue weighted by Gasteiger charge is -2.22. The lowest BCUT2D eigenvalue weighted by Crippen LogP contribution is -2.13. The van der Waals surface area contributed by atoms with Crippen molar-refractivity contribution in [1.29, 1.82) is 0 Å². The molecule has 3 aromatic rings. The highest BCUT2D eigenvalue weighted by molar-refractivity contribution is 5.97. The van der Waals surface area contributed by atoms with Crippen molar-refractivity contribution >= 4 is 10.9 Å². The van der Waals surface area contributed by atoms with Gasteiger partial charge in [-0.15, -0.1) is 0 Å². The Kier molecular flexibility index (Phi) is 4.44. The molecule has 0 unspecified atom stereocenters. The van der Waals surface area contributed by atoms with Gasteiger partial charge in [-0.1, -0.05) is 36.6 Å². The minimum absolute atomic E-state index is 0.247. The first-order valence-corrected chi connectivity index (χ1v) is 8.99. The standard InChI is InChI=1S/C19H24N4O2/c1-24-16-9-5-8-14-15(19-21-17(10-20)25-22-19)12-23(18(14)16)11-13-6-3-2-4-7-13/h5,8-9,12-13H,2-4,6-7,10-11,20H2,1H3. The number of methoxy groups -OCH3 is 1. The molecule has 0 spiro atoms. The molecule has 0 aliphatic heterocycles.